The van der Waals surface area contributed by atoms with Crippen molar-refractivity contribution in [1.82, 2.24) is 4.72 Å². The molecule has 12 heteroatoms. The van der Waals surface area contributed by atoms with Crippen LogP contribution in [0.25, 0.3) is 0 Å². The van der Waals surface area contributed by atoms with Gasteiger partial charge in [-0.25, -0.2) is 22.3 Å². The number of nitrogens with zero attached hydrogens (tertiary/aromatic N) is 1. The summed E-state index contributed by atoms with van der Waals surface area (Å²) >= 11 is 0. The number of alkyl halides is 3. The highest BCUT2D eigenvalue weighted by atomic mass is 32.2. The zero-order valence-electron chi connectivity index (χ0n) is 21.4. The number of benzene rings is 4. The van der Waals surface area contributed by atoms with E-state index in [-0.39, 0.29) is 25.2 Å². The summed E-state index contributed by atoms with van der Waals surface area (Å²) in [6.07, 6.45) is -4.61. The van der Waals surface area contributed by atoms with Crippen molar-refractivity contribution in [1.29, 1.82) is 0 Å². The van der Waals surface area contributed by atoms with Gasteiger partial charge >= 0.3 is 12.2 Å². The summed E-state index contributed by atoms with van der Waals surface area (Å²) in [7, 11) is -4.25. The summed E-state index contributed by atoms with van der Waals surface area (Å²) in [6.45, 7) is -0.193. The molecule has 0 fully saturated rings. The van der Waals surface area contributed by atoms with Crippen molar-refractivity contribution in [2.45, 2.75) is 17.5 Å². The molecule has 0 heterocycles. The molecule has 0 bridgehead atoms. The molecule has 0 radical (unpaired) electrons. The number of anilines is 2. The Morgan fingerprint density at radius 3 is 2.17 bits per heavy atom. The topological polar surface area (TPSA) is 87.7 Å². The number of urea groups is 1. The van der Waals surface area contributed by atoms with Gasteiger partial charge in [0.15, 0.2) is 0 Å². The van der Waals surface area contributed by atoms with Crippen LogP contribution in [0.15, 0.2) is 108 Å². The summed E-state index contributed by atoms with van der Waals surface area (Å²) in [5, 5.41) is 2.50. The van der Waals surface area contributed by atoms with Crippen molar-refractivity contribution in [3.63, 3.8) is 0 Å². The van der Waals surface area contributed by atoms with E-state index in [0.717, 1.165) is 18.2 Å². The molecule has 0 saturated carbocycles. The zero-order chi connectivity index (χ0) is 29.5. The third kappa shape index (κ3) is 8.05. The van der Waals surface area contributed by atoms with E-state index in [4.69, 9.17) is 4.74 Å². The lowest BCUT2D eigenvalue weighted by atomic mass is 10.2. The number of carbonyl (C=O) groups is 1. The normalized spacial score (nSPS) is 11.6. The van der Waals surface area contributed by atoms with Crippen molar-refractivity contribution in [3.05, 3.63) is 115 Å². The second kappa shape index (κ2) is 12.8. The Bertz CT molecular complexity index is 1580. The van der Waals surface area contributed by atoms with Crippen molar-refractivity contribution in [2.24, 2.45) is 0 Å². The highest BCUT2D eigenvalue weighted by molar-refractivity contribution is 7.89. The van der Waals surface area contributed by atoms with Gasteiger partial charge in [-0.15, -0.1) is 0 Å². The molecule has 4 rings (SSSR count). The lowest BCUT2D eigenvalue weighted by molar-refractivity contribution is -0.137. The first kappa shape index (κ1) is 29.6. The van der Waals surface area contributed by atoms with Crippen LogP contribution in [0.3, 0.4) is 0 Å². The first-order valence-electron chi connectivity index (χ1n) is 12.4. The first-order chi connectivity index (χ1) is 19.5. The molecule has 2 N–H and O–H groups in total. The van der Waals surface area contributed by atoms with Gasteiger partial charge in [0.1, 0.15) is 17.3 Å². The number of hydrogen-bond donors (Lipinski definition) is 2. The minimum absolute atomic E-state index is 0.00964. The molecule has 0 aromatic heterocycles. The van der Waals surface area contributed by atoms with E-state index < -0.39 is 38.5 Å². The fourth-order valence-electron chi connectivity index (χ4n) is 3.78. The van der Waals surface area contributed by atoms with E-state index in [1.807, 2.05) is 18.2 Å². The van der Waals surface area contributed by atoms with Gasteiger partial charge in [-0.2, -0.15) is 13.2 Å². The van der Waals surface area contributed by atoms with Gasteiger partial charge in [0.05, 0.1) is 16.1 Å². The zero-order valence-corrected chi connectivity index (χ0v) is 22.3. The van der Waals surface area contributed by atoms with Gasteiger partial charge < -0.3 is 10.1 Å². The van der Waals surface area contributed by atoms with E-state index >= 15 is 0 Å². The Hall–Kier alpha value is -4.42. The molecular formula is C29H25F4N3O4S. The maximum atomic E-state index is 14.2. The van der Waals surface area contributed by atoms with Crippen LogP contribution in [-0.4, -0.2) is 27.5 Å². The SMILES string of the molecule is O=C(Nc1ccccc1F)N(CCCNS(=O)(=O)c1cccc(C(F)(F)F)c1)c1ccc(Oc2ccccc2)cc1. The molecule has 0 saturated heterocycles. The van der Waals surface area contributed by atoms with Gasteiger partial charge in [-0.1, -0.05) is 36.4 Å². The quantitative estimate of drug-likeness (QED) is 0.154. The molecule has 0 aliphatic rings. The Labute approximate surface area is 234 Å². The number of sulfonamides is 1. The highest BCUT2D eigenvalue weighted by Crippen LogP contribution is 2.30. The molecule has 214 valence electrons. The van der Waals surface area contributed by atoms with Crippen LogP contribution in [0.2, 0.25) is 0 Å². The van der Waals surface area contributed by atoms with Crippen molar-refractivity contribution >= 4 is 27.4 Å². The Balaban J connectivity index is 1.46. The van der Waals surface area contributed by atoms with Crippen molar-refractivity contribution < 1.29 is 35.5 Å². The van der Waals surface area contributed by atoms with E-state index in [1.165, 1.54) is 23.1 Å². The number of carbonyl (C=O) groups excluding carboxylic acids is 1. The van der Waals surface area contributed by atoms with Crippen LogP contribution in [0.4, 0.5) is 33.7 Å². The lowest BCUT2D eigenvalue weighted by Gasteiger charge is -2.24. The van der Waals surface area contributed by atoms with Gasteiger partial charge in [-0.05, 0) is 73.2 Å². The lowest BCUT2D eigenvalue weighted by Crippen LogP contribution is -2.37. The Kier molecular flexibility index (Phi) is 9.25. The van der Waals surface area contributed by atoms with Crippen molar-refractivity contribution in [3.8, 4) is 11.5 Å². The molecule has 4 aromatic carbocycles. The molecule has 0 aliphatic heterocycles. The molecular weight excluding hydrogens is 562 g/mol. The third-order valence-electron chi connectivity index (χ3n) is 5.81. The third-order valence-corrected chi connectivity index (χ3v) is 7.27. The van der Waals surface area contributed by atoms with Gasteiger partial charge in [-0.3, -0.25) is 4.90 Å². The Morgan fingerprint density at radius 2 is 1.49 bits per heavy atom. The average Bonchev–Trinajstić information content (AvgIpc) is 2.95. The number of ether oxygens (including phenoxy) is 1. The minimum atomic E-state index is -4.70. The van der Waals surface area contributed by atoms with Crippen LogP contribution in [0.5, 0.6) is 11.5 Å². The number of amides is 2. The molecule has 7 nitrogen and oxygen atoms in total. The van der Waals surface area contributed by atoms with Crippen LogP contribution in [0.1, 0.15) is 12.0 Å². The number of rotatable bonds is 10. The Morgan fingerprint density at radius 1 is 0.829 bits per heavy atom. The van der Waals surface area contributed by atoms with E-state index in [0.29, 0.717) is 23.3 Å². The molecule has 0 aliphatic carbocycles. The van der Waals surface area contributed by atoms with E-state index in [2.05, 4.69) is 10.0 Å². The smallest absolute Gasteiger partial charge is 0.416 e. The predicted octanol–water partition coefficient (Wildman–Crippen LogP) is 7.04. The summed E-state index contributed by atoms with van der Waals surface area (Å²) in [6, 6.07) is 23.9. The summed E-state index contributed by atoms with van der Waals surface area (Å²) in [5.74, 6) is 0.479. The average molecular weight is 588 g/mol. The molecule has 0 unspecified atom stereocenters. The standard InChI is InChI=1S/C29H25F4N3O4S/c30-26-12-4-5-13-27(26)35-28(37)36(22-14-16-24(17-15-22)40-23-9-2-1-3-10-23)19-7-18-34-41(38,39)25-11-6-8-21(20-25)29(31,32)33/h1-6,8-17,20,34H,7,18-19H2,(H,35,37). The number of nitrogens with one attached hydrogen (secondary N) is 2. The number of halogens is 4. The maximum Gasteiger partial charge on any atom is 0.416 e. The maximum absolute atomic E-state index is 14.2. The molecule has 41 heavy (non-hydrogen) atoms. The second-order valence-corrected chi connectivity index (χ2v) is 10.5. The second-order valence-electron chi connectivity index (χ2n) is 8.75. The molecule has 2 amide bonds. The highest BCUT2D eigenvalue weighted by Gasteiger charge is 2.31. The molecule has 0 spiro atoms. The minimum Gasteiger partial charge on any atom is -0.457 e. The number of para-hydroxylation sites is 2. The first-order valence-corrected chi connectivity index (χ1v) is 13.8. The predicted molar refractivity (Wildman–Crippen MR) is 147 cm³/mol. The van der Waals surface area contributed by atoms with Crippen LogP contribution >= 0.6 is 0 Å². The van der Waals surface area contributed by atoms with Crippen molar-refractivity contribution in [2.75, 3.05) is 23.3 Å². The largest absolute Gasteiger partial charge is 0.457 e. The van der Waals surface area contributed by atoms with Gasteiger partial charge in [0.25, 0.3) is 0 Å². The van der Waals surface area contributed by atoms with Crippen LogP contribution in [-0.2, 0) is 16.2 Å². The summed E-state index contributed by atoms with van der Waals surface area (Å²) < 4.78 is 86.5. The van der Waals surface area contributed by atoms with E-state index in [1.54, 1.807) is 42.5 Å². The fraction of sp³-hybridized carbons (Fsp3) is 0.138. The summed E-state index contributed by atoms with van der Waals surface area (Å²) in [5.41, 5.74) is -0.715. The number of hydrogen-bond acceptors (Lipinski definition) is 4. The summed E-state index contributed by atoms with van der Waals surface area (Å²) in [4.78, 5) is 13.9. The van der Waals surface area contributed by atoms with Gasteiger partial charge in [0.2, 0.25) is 10.0 Å². The van der Waals surface area contributed by atoms with Crippen LogP contribution in [0, 0.1) is 5.82 Å². The monoisotopic (exact) mass is 587 g/mol. The fourth-order valence-corrected chi connectivity index (χ4v) is 4.90. The van der Waals surface area contributed by atoms with Gasteiger partial charge in [0, 0.05) is 18.8 Å². The molecule has 4 aromatic rings. The van der Waals surface area contributed by atoms with E-state index in [9.17, 15) is 30.8 Å². The van der Waals surface area contributed by atoms with Crippen LogP contribution < -0.4 is 19.7 Å². The molecule has 0 atom stereocenters.